The minimum Gasteiger partial charge on any atom is -0.385 e. The number of hydrogen-bond acceptors (Lipinski definition) is 16. The molecule has 0 bridgehead atoms. The zero-order valence-electron chi connectivity index (χ0n) is 47.7. The predicted octanol–water partition coefficient (Wildman–Crippen LogP) is 8.12. The Morgan fingerprint density at radius 1 is 0.590 bits per heavy atom. The largest absolute Gasteiger partial charge is 0.385 e. The molecule has 4 fully saturated rings. The molecule has 5 rings (SSSR count). The molecule has 1 aromatic carbocycles. The zero-order valence-corrected chi connectivity index (χ0v) is 50.2. The van der Waals surface area contributed by atoms with Crippen molar-refractivity contribution < 1.29 is 52.4 Å². The molecule has 0 aromatic heterocycles. The topological polar surface area (TPSA) is 225 Å². The van der Waals surface area contributed by atoms with Gasteiger partial charge in [0.05, 0.1) is 74.6 Å². The molecule has 4 amide bonds. The van der Waals surface area contributed by atoms with Crippen LogP contribution < -0.4 is 37.2 Å². The van der Waals surface area contributed by atoms with Gasteiger partial charge in [-0.1, -0.05) is 51.9 Å². The lowest BCUT2D eigenvalue weighted by Gasteiger charge is -2.17. The number of unbranched alkanes of at least 4 members (excludes halogenated alkanes) is 4. The van der Waals surface area contributed by atoms with Gasteiger partial charge in [0.25, 0.3) is 11.8 Å². The SMILES string of the molecule is C=C1NC2CSC(CCCCC(=O)CCCCOC)C2N1.CCCCC(=O)CCCCC1SCC2NC(=O)NC21.CCCOCCOCCCNC(=O)c1cc(NC(C)=S)cc(C(=O)NCCCOCCOCCOCC)c1. The van der Waals surface area contributed by atoms with Gasteiger partial charge in [0.15, 0.2) is 0 Å². The fourth-order valence-electron chi connectivity index (χ4n) is 9.09. The number of Topliss-reactive ketones (excluding diaryl/α,β-unsaturated/α-hetero) is 2. The van der Waals surface area contributed by atoms with Crippen LogP contribution in [-0.2, 0) is 38.0 Å². The fourth-order valence-corrected chi connectivity index (χ4v) is 12.3. The lowest BCUT2D eigenvalue weighted by atomic mass is 10.0. The number of thiocarbonyl (C=S) groups is 1. The highest BCUT2D eigenvalue weighted by atomic mass is 32.2. The average molecular weight is 1150 g/mol. The number of ketones is 2. The Labute approximate surface area is 480 Å². The number of hydrogen-bond donors (Lipinski definition) is 7. The van der Waals surface area contributed by atoms with E-state index < -0.39 is 0 Å². The van der Waals surface area contributed by atoms with E-state index in [0.717, 1.165) is 115 Å². The average Bonchev–Trinajstić information content (AvgIpc) is 4.20. The van der Waals surface area contributed by atoms with Crippen molar-refractivity contribution in [3.05, 3.63) is 41.7 Å². The highest BCUT2D eigenvalue weighted by Gasteiger charge is 2.43. The van der Waals surface area contributed by atoms with Gasteiger partial charge in [-0.2, -0.15) is 23.5 Å². The van der Waals surface area contributed by atoms with Crippen molar-refractivity contribution in [1.82, 2.24) is 31.9 Å². The monoisotopic (exact) mass is 1150 g/mol. The molecule has 4 saturated heterocycles. The highest BCUT2D eigenvalue weighted by Crippen LogP contribution is 2.35. The van der Waals surface area contributed by atoms with Crippen LogP contribution in [0, 0.1) is 0 Å². The van der Waals surface area contributed by atoms with Crippen LogP contribution in [0.25, 0.3) is 0 Å². The van der Waals surface area contributed by atoms with Crippen LogP contribution in [0.3, 0.4) is 0 Å². The number of amides is 4. The summed E-state index contributed by atoms with van der Waals surface area (Å²) >= 11 is 9.13. The number of rotatable bonds is 41. The van der Waals surface area contributed by atoms with Crippen LogP contribution in [-0.4, -0.2) is 173 Å². The molecule has 6 unspecified atom stereocenters. The van der Waals surface area contributed by atoms with Crippen LogP contribution in [0.2, 0.25) is 0 Å². The first-order chi connectivity index (χ1) is 37.9. The van der Waals surface area contributed by atoms with Gasteiger partial charge >= 0.3 is 6.03 Å². The molecule has 444 valence electrons. The third-order valence-corrected chi connectivity index (χ3v) is 16.3. The van der Waals surface area contributed by atoms with E-state index in [1.807, 2.05) is 30.4 Å². The second kappa shape index (κ2) is 43.2. The molecule has 7 N–H and O–H groups in total. The molecule has 0 spiro atoms. The summed E-state index contributed by atoms with van der Waals surface area (Å²) in [4.78, 5) is 60.5. The molecular formula is C57H97N7O11S3. The van der Waals surface area contributed by atoms with E-state index >= 15 is 0 Å². The Morgan fingerprint density at radius 2 is 1.08 bits per heavy atom. The van der Waals surface area contributed by atoms with E-state index in [1.165, 1.54) is 12.2 Å². The maximum Gasteiger partial charge on any atom is 0.315 e. The Bertz CT molecular complexity index is 1900. The summed E-state index contributed by atoms with van der Waals surface area (Å²) in [6, 6.07) is 6.60. The molecular weight excluding hydrogens is 1050 g/mol. The summed E-state index contributed by atoms with van der Waals surface area (Å²) in [5.74, 6) is 3.44. The second-order valence-electron chi connectivity index (χ2n) is 19.9. The summed E-state index contributed by atoms with van der Waals surface area (Å²) in [5, 5.41) is 22.7. The Kier molecular flexibility index (Phi) is 38.1. The number of nitrogens with one attached hydrogen (secondary N) is 7. The van der Waals surface area contributed by atoms with Crippen molar-refractivity contribution in [3.8, 4) is 0 Å². The normalized spacial score (nSPS) is 19.7. The van der Waals surface area contributed by atoms with E-state index in [-0.39, 0.29) is 17.8 Å². The van der Waals surface area contributed by atoms with Crippen LogP contribution in [0.1, 0.15) is 158 Å². The lowest BCUT2D eigenvalue weighted by molar-refractivity contribution is -0.120. The number of ether oxygens (including phenoxy) is 6. The first kappa shape index (κ1) is 68.7. The van der Waals surface area contributed by atoms with E-state index in [9.17, 15) is 24.0 Å². The molecule has 0 radical (unpaired) electrons. The quantitative estimate of drug-likeness (QED) is 0.0187. The smallest absolute Gasteiger partial charge is 0.315 e. The van der Waals surface area contributed by atoms with E-state index in [1.54, 1.807) is 32.2 Å². The van der Waals surface area contributed by atoms with Gasteiger partial charge in [-0.05, 0) is 96.3 Å². The first-order valence-electron chi connectivity index (χ1n) is 28.8. The molecule has 6 atom stereocenters. The van der Waals surface area contributed by atoms with Gasteiger partial charge in [-0.15, -0.1) is 0 Å². The van der Waals surface area contributed by atoms with Crippen LogP contribution in [0.4, 0.5) is 10.5 Å². The van der Waals surface area contributed by atoms with Crippen LogP contribution in [0.15, 0.2) is 30.6 Å². The summed E-state index contributed by atoms with van der Waals surface area (Å²) in [6.07, 6.45) is 15.9. The standard InChI is InChI=1S/C27H45N3O7S.C16H28N2O2S.C14H24N2O2S/c1-4-10-34-15-16-35-11-6-8-28-26(31)23-19-24(21-25(20-23)30-22(3)38)27(32)29-9-7-12-36-17-18-37-14-13-33-5-2;1-12-17-14-11-21-15(16(14)18-12)9-4-3-7-13(19)8-5-6-10-20-2;1-2-3-6-10(17)7-4-5-8-12-13-11(9-19-12)15-14(18)16-13/h19-21H,4-18H2,1-3H3,(H,28,31)(H,29,32)(H,30,38);14-18H,1,3-11H2,2H3;11-13H,2-9H2,1H3,(H2,15,16,18). The van der Waals surface area contributed by atoms with Gasteiger partial charge in [0.2, 0.25) is 0 Å². The molecule has 4 aliphatic heterocycles. The number of anilines is 1. The molecule has 18 nitrogen and oxygen atoms in total. The minimum atomic E-state index is -0.275. The predicted molar refractivity (Wildman–Crippen MR) is 319 cm³/mol. The Balaban J connectivity index is 0.000000335. The van der Waals surface area contributed by atoms with Crippen molar-refractivity contribution in [2.45, 2.75) is 172 Å². The third-order valence-electron chi connectivity index (χ3n) is 13.2. The van der Waals surface area contributed by atoms with Gasteiger partial charge in [0, 0.05) is 118 Å². The highest BCUT2D eigenvalue weighted by molar-refractivity contribution is 8.00. The van der Waals surface area contributed by atoms with Gasteiger partial charge in [0.1, 0.15) is 11.6 Å². The number of carbonyl (C=O) groups excluding carboxylic acids is 5. The summed E-state index contributed by atoms with van der Waals surface area (Å²) < 4.78 is 31.9. The van der Waals surface area contributed by atoms with Crippen molar-refractivity contribution in [1.29, 1.82) is 0 Å². The first-order valence-corrected chi connectivity index (χ1v) is 31.3. The lowest BCUT2D eigenvalue weighted by Crippen LogP contribution is -2.36. The van der Waals surface area contributed by atoms with Crippen molar-refractivity contribution in [2.75, 3.05) is 110 Å². The van der Waals surface area contributed by atoms with Crippen LogP contribution >= 0.6 is 35.7 Å². The van der Waals surface area contributed by atoms with Crippen LogP contribution in [0.5, 0.6) is 0 Å². The number of urea groups is 1. The van der Waals surface area contributed by atoms with E-state index in [4.69, 9.17) is 40.6 Å². The Morgan fingerprint density at radius 3 is 1.59 bits per heavy atom. The molecule has 1 aromatic rings. The van der Waals surface area contributed by atoms with E-state index in [2.05, 4.69) is 57.6 Å². The van der Waals surface area contributed by atoms with Crippen molar-refractivity contribution >= 4 is 75.8 Å². The minimum absolute atomic E-state index is 0.0185. The number of carbonyl (C=O) groups is 5. The summed E-state index contributed by atoms with van der Waals surface area (Å²) in [5.41, 5.74) is 1.33. The molecule has 0 aliphatic carbocycles. The number of benzene rings is 1. The van der Waals surface area contributed by atoms with Crippen molar-refractivity contribution in [3.63, 3.8) is 0 Å². The zero-order chi connectivity index (χ0) is 56.6. The number of thioether (sulfide) groups is 2. The molecule has 4 heterocycles. The molecule has 0 saturated carbocycles. The second-order valence-corrected chi connectivity index (χ2v) is 23.0. The fraction of sp³-hybridized carbons (Fsp3) is 0.754. The third kappa shape index (κ3) is 30.3. The van der Waals surface area contributed by atoms with Crippen molar-refractivity contribution in [2.24, 2.45) is 0 Å². The number of methoxy groups -OCH3 is 1. The maximum absolute atomic E-state index is 12.7. The van der Waals surface area contributed by atoms with E-state index in [0.29, 0.717) is 153 Å². The Hall–Kier alpha value is -3.54. The number of fused-ring (bicyclic) bond motifs is 2. The summed E-state index contributed by atoms with van der Waals surface area (Å²) in [7, 11) is 1.71. The molecule has 78 heavy (non-hydrogen) atoms. The summed E-state index contributed by atoms with van der Waals surface area (Å²) in [6.45, 7) is 19.1. The molecule has 21 heteroatoms. The maximum atomic E-state index is 12.7. The van der Waals surface area contributed by atoms with Gasteiger partial charge < -0.3 is 65.6 Å². The molecule has 4 aliphatic rings. The van der Waals surface area contributed by atoms with Gasteiger partial charge in [-0.25, -0.2) is 4.79 Å². The van der Waals surface area contributed by atoms with Gasteiger partial charge in [-0.3, -0.25) is 19.2 Å².